The Morgan fingerprint density at radius 3 is 2.78 bits per heavy atom. The Labute approximate surface area is 120 Å². The SMILES string of the molecule is CSCCCNS(=O)(=O)c1cc(CO)ccc1Br. The lowest BCUT2D eigenvalue weighted by atomic mass is 10.2. The average molecular weight is 354 g/mol. The highest BCUT2D eigenvalue weighted by molar-refractivity contribution is 9.10. The van der Waals surface area contributed by atoms with Crippen molar-refractivity contribution in [1.82, 2.24) is 4.72 Å². The number of thioether (sulfide) groups is 1. The van der Waals surface area contributed by atoms with Crippen LogP contribution in [0.5, 0.6) is 0 Å². The maximum absolute atomic E-state index is 12.1. The third-order valence-corrected chi connectivity index (χ3v) is 5.44. The minimum Gasteiger partial charge on any atom is -0.392 e. The van der Waals surface area contributed by atoms with E-state index in [0.29, 0.717) is 16.6 Å². The van der Waals surface area contributed by atoms with E-state index in [-0.39, 0.29) is 11.5 Å². The number of hydrogen-bond donors (Lipinski definition) is 2. The fourth-order valence-electron chi connectivity index (χ4n) is 1.35. The minimum absolute atomic E-state index is 0.165. The van der Waals surface area contributed by atoms with Gasteiger partial charge in [0.1, 0.15) is 0 Å². The monoisotopic (exact) mass is 353 g/mol. The molecule has 0 atom stereocenters. The van der Waals surface area contributed by atoms with Crippen molar-refractivity contribution in [1.29, 1.82) is 0 Å². The maximum atomic E-state index is 12.1. The molecule has 1 aromatic carbocycles. The molecule has 0 bridgehead atoms. The molecule has 1 aromatic rings. The molecular formula is C11H16BrNO3S2. The second-order valence-electron chi connectivity index (χ2n) is 3.67. The summed E-state index contributed by atoms with van der Waals surface area (Å²) in [4.78, 5) is 0.165. The molecule has 0 aliphatic heterocycles. The van der Waals surface area contributed by atoms with Gasteiger partial charge in [0, 0.05) is 11.0 Å². The standard InChI is InChI=1S/C11H16BrNO3S2/c1-17-6-2-5-13-18(15,16)11-7-9(8-14)3-4-10(11)12/h3-4,7,13-14H,2,5-6,8H2,1H3. The molecule has 2 N–H and O–H groups in total. The van der Waals surface area contributed by atoms with Gasteiger partial charge in [-0.3, -0.25) is 0 Å². The fraction of sp³-hybridized carbons (Fsp3) is 0.455. The van der Waals surface area contributed by atoms with Gasteiger partial charge >= 0.3 is 0 Å². The van der Waals surface area contributed by atoms with Crippen LogP contribution < -0.4 is 4.72 Å². The summed E-state index contributed by atoms with van der Waals surface area (Å²) in [5, 5.41) is 9.03. The van der Waals surface area contributed by atoms with Gasteiger partial charge in [-0.05, 0) is 52.1 Å². The summed E-state index contributed by atoms with van der Waals surface area (Å²) < 4.78 is 27.2. The molecule has 0 aromatic heterocycles. The average Bonchev–Trinajstić information content (AvgIpc) is 2.35. The van der Waals surface area contributed by atoms with E-state index in [4.69, 9.17) is 5.11 Å². The number of benzene rings is 1. The lowest BCUT2D eigenvalue weighted by molar-refractivity contribution is 0.281. The molecule has 0 saturated carbocycles. The highest BCUT2D eigenvalue weighted by Crippen LogP contribution is 2.23. The molecule has 7 heteroatoms. The van der Waals surface area contributed by atoms with Crippen molar-refractivity contribution in [3.8, 4) is 0 Å². The van der Waals surface area contributed by atoms with Gasteiger partial charge in [-0.1, -0.05) is 6.07 Å². The summed E-state index contributed by atoms with van der Waals surface area (Å²) in [6, 6.07) is 4.78. The zero-order chi connectivity index (χ0) is 13.6. The molecule has 0 heterocycles. The summed E-state index contributed by atoms with van der Waals surface area (Å²) in [6.07, 6.45) is 2.77. The summed E-state index contributed by atoms with van der Waals surface area (Å²) in [7, 11) is -3.52. The van der Waals surface area contributed by atoms with E-state index in [0.717, 1.165) is 12.2 Å². The van der Waals surface area contributed by atoms with Crippen molar-refractivity contribution < 1.29 is 13.5 Å². The summed E-state index contributed by atoms with van der Waals surface area (Å²) in [5.74, 6) is 0.917. The third kappa shape index (κ3) is 4.55. The van der Waals surface area contributed by atoms with Crippen LogP contribution in [0.4, 0.5) is 0 Å². The first kappa shape index (κ1) is 16.0. The van der Waals surface area contributed by atoms with Crippen LogP contribution in [0.25, 0.3) is 0 Å². The highest BCUT2D eigenvalue weighted by Gasteiger charge is 2.17. The maximum Gasteiger partial charge on any atom is 0.241 e. The molecule has 0 spiro atoms. The van der Waals surface area contributed by atoms with Crippen LogP contribution in [0.3, 0.4) is 0 Å². The number of rotatable bonds is 7. The molecule has 0 fully saturated rings. The van der Waals surface area contributed by atoms with Gasteiger partial charge in [-0.2, -0.15) is 11.8 Å². The van der Waals surface area contributed by atoms with Crippen LogP contribution >= 0.6 is 27.7 Å². The Morgan fingerprint density at radius 2 is 2.17 bits per heavy atom. The van der Waals surface area contributed by atoms with E-state index < -0.39 is 10.0 Å². The van der Waals surface area contributed by atoms with E-state index >= 15 is 0 Å². The number of nitrogens with one attached hydrogen (secondary N) is 1. The Kier molecular flexibility index (Phi) is 6.65. The van der Waals surface area contributed by atoms with Gasteiger partial charge in [-0.25, -0.2) is 13.1 Å². The minimum atomic E-state index is -3.52. The highest BCUT2D eigenvalue weighted by atomic mass is 79.9. The van der Waals surface area contributed by atoms with Crippen LogP contribution in [0.1, 0.15) is 12.0 Å². The molecular weight excluding hydrogens is 338 g/mol. The Hall–Kier alpha value is -0.0800. The number of aliphatic hydroxyl groups excluding tert-OH is 1. The van der Waals surface area contributed by atoms with Crippen LogP contribution in [-0.2, 0) is 16.6 Å². The molecule has 0 amide bonds. The predicted octanol–water partition coefficient (Wildman–Crippen LogP) is 1.97. The first-order chi connectivity index (χ1) is 8.51. The first-order valence-corrected chi connectivity index (χ1v) is 9.06. The van der Waals surface area contributed by atoms with Crippen molar-refractivity contribution in [3.63, 3.8) is 0 Å². The smallest absolute Gasteiger partial charge is 0.241 e. The normalized spacial score (nSPS) is 11.7. The number of aliphatic hydroxyl groups is 1. The van der Waals surface area contributed by atoms with Crippen molar-refractivity contribution in [2.75, 3.05) is 18.6 Å². The quantitative estimate of drug-likeness (QED) is 0.735. The molecule has 0 saturated heterocycles. The van der Waals surface area contributed by atoms with Gasteiger partial charge in [-0.15, -0.1) is 0 Å². The predicted molar refractivity (Wildman–Crippen MR) is 78.3 cm³/mol. The summed E-state index contributed by atoms with van der Waals surface area (Å²) >= 11 is 4.89. The molecule has 4 nitrogen and oxygen atoms in total. The summed E-state index contributed by atoms with van der Waals surface area (Å²) in [6.45, 7) is 0.237. The van der Waals surface area contributed by atoms with Crippen molar-refractivity contribution >= 4 is 37.7 Å². The van der Waals surface area contributed by atoms with Crippen LogP contribution in [0.2, 0.25) is 0 Å². The number of sulfonamides is 1. The van der Waals surface area contributed by atoms with Crippen molar-refractivity contribution in [2.45, 2.75) is 17.9 Å². The van der Waals surface area contributed by atoms with Crippen molar-refractivity contribution in [2.24, 2.45) is 0 Å². The fourth-order valence-corrected chi connectivity index (χ4v) is 3.87. The number of hydrogen-bond acceptors (Lipinski definition) is 4. The molecule has 0 aliphatic rings. The summed E-state index contributed by atoms with van der Waals surface area (Å²) in [5.41, 5.74) is 0.572. The van der Waals surface area contributed by atoms with Crippen molar-refractivity contribution in [3.05, 3.63) is 28.2 Å². The third-order valence-electron chi connectivity index (χ3n) is 2.29. The zero-order valence-corrected chi connectivity index (χ0v) is 13.2. The largest absolute Gasteiger partial charge is 0.392 e. The molecule has 18 heavy (non-hydrogen) atoms. The van der Waals surface area contributed by atoms with Gasteiger partial charge in [0.05, 0.1) is 11.5 Å². The molecule has 102 valence electrons. The molecule has 0 unspecified atom stereocenters. The number of halogens is 1. The Morgan fingerprint density at radius 1 is 1.44 bits per heavy atom. The van der Waals surface area contributed by atoms with Gasteiger partial charge in [0.15, 0.2) is 0 Å². The van der Waals surface area contributed by atoms with Gasteiger partial charge in [0.2, 0.25) is 10.0 Å². The lowest BCUT2D eigenvalue weighted by Gasteiger charge is -2.09. The topological polar surface area (TPSA) is 66.4 Å². The molecule has 0 aliphatic carbocycles. The van der Waals surface area contributed by atoms with Crippen LogP contribution in [0, 0.1) is 0 Å². The molecule has 1 rings (SSSR count). The lowest BCUT2D eigenvalue weighted by Crippen LogP contribution is -2.25. The van der Waals surface area contributed by atoms with Crippen LogP contribution in [-0.4, -0.2) is 32.1 Å². The Balaban J connectivity index is 2.83. The second kappa shape index (κ2) is 7.49. The van der Waals surface area contributed by atoms with E-state index in [9.17, 15) is 8.42 Å². The Bertz CT molecular complexity index is 491. The second-order valence-corrected chi connectivity index (χ2v) is 7.24. The van der Waals surface area contributed by atoms with E-state index in [1.807, 2.05) is 6.26 Å². The zero-order valence-electron chi connectivity index (χ0n) is 10.0. The molecule has 0 radical (unpaired) electrons. The van der Waals surface area contributed by atoms with E-state index in [1.54, 1.807) is 23.9 Å². The van der Waals surface area contributed by atoms with Gasteiger partial charge < -0.3 is 5.11 Å². The van der Waals surface area contributed by atoms with Gasteiger partial charge in [0.25, 0.3) is 0 Å². The first-order valence-electron chi connectivity index (χ1n) is 5.39. The van der Waals surface area contributed by atoms with E-state index in [1.165, 1.54) is 6.07 Å². The van der Waals surface area contributed by atoms with Crippen LogP contribution in [0.15, 0.2) is 27.6 Å². The van der Waals surface area contributed by atoms with E-state index in [2.05, 4.69) is 20.7 Å².